The van der Waals surface area contributed by atoms with E-state index < -0.39 is 0 Å². The molecule has 0 aromatic rings. The molecule has 2 rings (SSSR count). The molecule has 0 atom stereocenters. The Morgan fingerprint density at radius 3 is 1.29 bits per heavy atom. The molecule has 2 aliphatic rings. The van der Waals surface area contributed by atoms with Gasteiger partial charge >= 0.3 is 17.1 Å². The smallest absolute Gasteiger partial charge is 0.228 e. The Kier molecular flexibility index (Phi) is 8.88. The first kappa shape index (κ1) is 16.9. The minimum atomic E-state index is -0.114. The van der Waals surface area contributed by atoms with Crippen molar-refractivity contribution in [2.75, 3.05) is 0 Å². The van der Waals surface area contributed by atoms with Crippen molar-refractivity contribution in [1.29, 1.82) is 0 Å². The summed E-state index contributed by atoms with van der Waals surface area (Å²) >= 11 is 0. The van der Waals surface area contributed by atoms with E-state index in [2.05, 4.69) is 63.3 Å². The molecule has 0 radical (unpaired) electrons. The predicted molar refractivity (Wildman–Crippen MR) is 81.1 cm³/mol. The maximum atomic E-state index is 2.34. The van der Waals surface area contributed by atoms with E-state index in [-0.39, 0.29) is 33.9 Å². The molecular weight excluding hydrogens is 280 g/mol. The third-order valence-corrected chi connectivity index (χ3v) is 6.14. The molecule has 0 spiro atoms. The van der Waals surface area contributed by atoms with E-state index in [1.807, 2.05) is 0 Å². The Labute approximate surface area is 120 Å². The molecule has 2 aliphatic carbocycles. The molecule has 0 bridgehead atoms. The Morgan fingerprint density at radius 2 is 1.18 bits per heavy atom. The van der Waals surface area contributed by atoms with Gasteiger partial charge in [0.25, 0.3) is 0 Å². The summed E-state index contributed by atoms with van der Waals surface area (Å²) in [6.07, 6.45) is 15.7. The first-order valence-corrected chi connectivity index (χ1v) is 10.9. The minimum absolute atomic E-state index is 0. The molecule has 94 valence electrons. The second-order valence-corrected chi connectivity index (χ2v) is 9.93. The fourth-order valence-corrected chi connectivity index (χ4v) is 3.55. The summed E-state index contributed by atoms with van der Waals surface area (Å²) in [4.78, 5) is 0. The SMILES string of the molecule is C[Si](C)=C1[CH-]C=CC1.C[Si](C)=C1[CH-]C=CC1.[Fe+2]. The standard InChI is InChI=1S/2C7H11Si.Fe/c2*1-8(2)7-5-3-4-6-7;/h2*3-5H,6H2,1-2H3;/q2*-1;+2. The molecule has 0 nitrogen and oxygen atoms in total. The van der Waals surface area contributed by atoms with Crippen molar-refractivity contribution in [3.63, 3.8) is 0 Å². The van der Waals surface area contributed by atoms with Gasteiger partial charge in [0, 0.05) is 0 Å². The summed E-state index contributed by atoms with van der Waals surface area (Å²) in [6.45, 7) is 9.35. The monoisotopic (exact) mass is 302 g/mol. The summed E-state index contributed by atoms with van der Waals surface area (Å²) in [5.41, 5.74) is 0. The maximum absolute atomic E-state index is 2.34. The Balaban J connectivity index is 0.000000284. The van der Waals surface area contributed by atoms with Gasteiger partial charge in [-0.15, -0.1) is 0 Å². The van der Waals surface area contributed by atoms with Gasteiger partial charge < -0.3 is 0 Å². The number of hydrogen-bond donors (Lipinski definition) is 0. The van der Waals surface area contributed by atoms with Crippen molar-refractivity contribution >= 4 is 27.2 Å². The fourth-order valence-electron chi connectivity index (χ4n) is 1.64. The summed E-state index contributed by atoms with van der Waals surface area (Å²) in [5, 5.41) is 3.32. The summed E-state index contributed by atoms with van der Waals surface area (Å²) in [5.74, 6) is 0. The summed E-state index contributed by atoms with van der Waals surface area (Å²) in [6, 6.07) is 0. The van der Waals surface area contributed by atoms with Gasteiger partial charge in [0.2, 0.25) is 0 Å². The van der Waals surface area contributed by atoms with Crippen molar-refractivity contribution in [3.8, 4) is 0 Å². The summed E-state index contributed by atoms with van der Waals surface area (Å²) < 4.78 is 0. The van der Waals surface area contributed by atoms with E-state index >= 15 is 0 Å². The van der Waals surface area contributed by atoms with Gasteiger partial charge in [-0.3, -0.25) is 0 Å². The maximum Gasteiger partial charge on any atom is 2.00 e. The van der Waals surface area contributed by atoms with Gasteiger partial charge in [0.1, 0.15) is 0 Å². The fraction of sp³-hybridized carbons (Fsp3) is 0.429. The van der Waals surface area contributed by atoms with Gasteiger partial charge in [0.15, 0.2) is 0 Å². The molecule has 0 fully saturated rings. The average molecular weight is 302 g/mol. The number of hydrogen-bond acceptors (Lipinski definition) is 0. The van der Waals surface area contributed by atoms with Crippen LogP contribution in [0.25, 0.3) is 0 Å². The van der Waals surface area contributed by atoms with Crippen LogP contribution >= 0.6 is 0 Å². The third kappa shape index (κ3) is 6.42. The molecule has 0 N–H and O–H groups in total. The summed E-state index contributed by atoms with van der Waals surface area (Å²) in [7, 11) is -0.227. The van der Waals surface area contributed by atoms with E-state index in [0.29, 0.717) is 0 Å². The van der Waals surface area contributed by atoms with Crippen molar-refractivity contribution in [3.05, 3.63) is 37.1 Å². The molecular formula is C14H22FeSi2. The van der Waals surface area contributed by atoms with E-state index in [1.54, 1.807) is 10.3 Å². The average Bonchev–Trinajstić information content (AvgIpc) is 2.93. The second kappa shape index (κ2) is 8.93. The molecule has 0 unspecified atom stereocenters. The van der Waals surface area contributed by atoms with Crippen LogP contribution in [0.4, 0.5) is 0 Å². The zero-order chi connectivity index (χ0) is 12.0. The normalized spacial score (nSPS) is 15.5. The quantitative estimate of drug-likeness (QED) is 0.476. The second-order valence-electron chi connectivity index (χ2n) is 4.65. The minimum Gasteiger partial charge on any atom is -0.228 e. The molecule has 0 aromatic heterocycles. The van der Waals surface area contributed by atoms with Crippen molar-refractivity contribution in [2.24, 2.45) is 0 Å². The van der Waals surface area contributed by atoms with E-state index in [1.165, 1.54) is 12.8 Å². The third-order valence-electron chi connectivity index (χ3n) is 2.83. The molecule has 3 heteroatoms. The first-order chi connectivity index (χ1) is 7.61. The largest absolute Gasteiger partial charge is 2.00 e. The Bertz CT molecular complexity index is 298. The van der Waals surface area contributed by atoms with Crippen LogP contribution in [-0.2, 0) is 17.1 Å². The van der Waals surface area contributed by atoms with E-state index in [9.17, 15) is 0 Å². The topological polar surface area (TPSA) is 0 Å². The zero-order valence-corrected chi connectivity index (χ0v) is 14.3. The van der Waals surface area contributed by atoms with Crippen LogP contribution in [0.1, 0.15) is 12.8 Å². The van der Waals surface area contributed by atoms with Gasteiger partial charge in [-0.1, -0.05) is 39.0 Å². The Morgan fingerprint density at radius 1 is 0.824 bits per heavy atom. The Hall–Kier alpha value is -0.0868. The molecule has 0 heterocycles. The van der Waals surface area contributed by atoms with E-state index in [0.717, 1.165) is 0 Å². The molecule has 0 aliphatic heterocycles. The van der Waals surface area contributed by atoms with Crippen LogP contribution in [0.15, 0.2) is 24.3 Å². The molecule has 0 saturated carbocycles. The van der Waals surface area contributed by atoms with Crippen molar-refractivity contribution in [2.45, 2.75) is 39.0 Å². The first-order valence-electron chi connectivity index (χ1n) is 5.93. The van der Waals surface area contributed by atoms with Crippen molar-refractivity contribution in [1.82, 2.24) is 0 Å². The van der Waals surface area contributed by atoms with Crippen LogP contribution in [-0.4, -0.2) is 27.2 Å². The van der Waals surface area contributed by atoms with Gasteiger partial charge in [0.05, 0.1) is 0 Å². The van der Waals surface area contributed by atoms with Gasteiger partial charge in [-0.25, -0.2) is 37.1 Å². The number of rotatable bonds is 0. The molecule has 0 saturated heterocycles. The van der Waals surface area contributed by atoms with Gasteiger partial charge in [-0.2, -0.15) is 10.3 Å². The van der Waals surface area contributed by atoms with Crippen LogP contribution in [0.2, 0.25) is 26.2 Å². The van der Waals surface area contributed by atoms with E-state index in [4.69, 9.17) is 0 Å². The van der Waals surface area contributed by atoms with Crippen LogP contribution in [0, 0.1) is 12.8 Å². The predicted octanol–water partition coefficient (Wildman–Crippen LogP) is 3.32. The molecule has 17 heavy (non-hydrogen) atoms. The molecule has 0 amide bonds. The van der Waals surface area contributed by atoms with Crippen LogP contribution < -0.4 is 0 Å². The van der Waals surface area contributed by atoms with Crippen LogP contribution in [0.5, 0.6) is 0 Å². The molecule has 0 aromatic carbocycles. The van der Waals surface area contributed by atoms with Gasteiger partial charge in [-0.05, 0) is 16.8 Å². The number of allylic oxidation sites excluding steroid dienone is 4. The van der Waals surface area contributed by atoms with Crippen molar-refractivity contribution < 1.29 is 17.1 Å². The zero-order valence-electron chi connectivity index (χ0n) is 11.2. The van der Waals surface area contributed by atoms with Crippen LogP contribution in [0.3, 0.4) is 0 Å².